The van der Waals surface area contributed by atoms with Gasteiger partial charge >= 0.3 is 5.63 Å². The van der Waals surface area contributed by atoms with E-state index < -0.39 is 0 Å². The Hall–Kier alpha value is -2.89. The van der Waals surface area contributed by atoms with Crippen molar-refractivity contribution in [2.45, 2.75) is 12.6 Å². The summed E-state index contributed by atoms with van der Waals surface area (Å²) < 4.78 is 10.6. The van der Waals surface area contributed by atoms with E-state index in [-0.39, 0.29) is 11.7 Å². The van der Waals surface area contributed by atoms with Crippen molar-refractivity contribution in [2.75, 3.05) is 7.11 Å². The molecule has 0 aliphatic heterocycles. The molecule has 0 unspecified atom stereocenters. The zero-order valence-electron chi connectivity index (χ0n) is 14.8. The summed E-state index contributed by atoms with van der Waals surface area (Å²) in [4.78, 5) is 13.2. The molecule has 0 aliphatic carbocycles. The lowest BCUT2D eigenvalue weighted by Crippen LogP contribution is -2.22. The number of benzene rings is 2. The molecule has 0 aliphatic rings. The summed E-state index contributed by atoms with van der Waals surface area (Å²) in [6, 6.07) is 21.6. The first kappa shape index (κ1) is 17.5. The van der Waals surface area contributed by atoms with E-state index in [9.17, 15) is 4.79 Å². The van der Waals surface area contributed by atoms with Crippen molar-refractivity contribution in [3.05, 3.63) is 98.5 Å². The summed E-state index contributed by atoms with van der Waals surface area (Å²) in [6.45, 7) is 0.548. The first-order chi connectivity index (χ1) is 13.2. The lowest BCUT2D eigenvalue weighted by molar-refractivity contribution is 0.414. The molecule has 1 N–H and O–H groups in total. The van der Waals surface area contributed by atoms with Crippen molar-refractivity contribution >= 4 is 22.3 Å². The topological polar surface area (TPSA) is 51.5 Å². The number of ether oxygens (including phenoxy) is 1. The predicted molar refractivity (Wildman–Crippen MR) is 108 cm³/mol. The second-order valence-electron chi connectivity index (χ2n) is 6.19. The van der Waals surface area contributed by atoms with Crippen LogP contribution in [0.4, 0.5) is 0 Å². The molecule has 4 aromatic rings. The van der Waals surface area contributed by atoms with E-state index in [1.54, 1.807) is 30.6 Å². The van der Waals surface area contributed by atoms with E-state index in [2.05, 4.69) is 35.0 Å². The van der Waals surface area contributed by atoms with Gasteiger partial charge in [0, 0.05) is 28.9 Å². The lowest BCUT2D eigenvalue weighted by atomic mass is 10.0. The van der Waals surface area contributed by atoms with Crippen molar-refractivity contribution in [2.24, 2.45) is 0 Å². The summed E-state index contributed by atoms with van der Waals surface area (Å²) in [5, 5.41) is 6.58. The molecule has 4 nitrogen and oxygen atoms in total. The molecule has 1 atom stereocenters. The molecule has 0 saturated carbocycles. The van der Waals surface area contributed by atoms with Gasteiger partial charge in [0.15, 0.2) is 0 Å². The fraction of sp³-hybridized carbons (Fsp3) is 0.136. The number of rotatable bonds is 6. The Bertz CT molecular complexity index is 1090. The van der Waals surface area contributed by atoms with Gasteiger partial charge in [0.1, 0.15) is 11.3 Å². The van der Waals surface area contributed by atoms with Gasteiger partial charge in [-0.3, -0.25) is 0 Å². The molecule has 0 amide bonds. The molecule has 0 fully saturated rings. The van der Waals surface area contributed by atoms with Gasteiger partial charge < -0.3 is 14.5 Å². The van der Waals surface area contributed by atoms with Crippen LogP contribution in [-0.4, -0.2) is 7.11 Å². The largest absolute Gasteiger partial charge is 0.497 e. The monoisotopic (exact) mass is 377 g/mol. The van der Waals surface area contributed by atoms with Gasteiger partial charge in [-0.05, 0) is 34.7 Å². The number of thiophene rings is 1. The summed E-state index contributed by atoms with van der Waals surface area (Å²) in [5.41, 5.74) is 2.27. The number of hydrogen-bond acceptors (Lipinski definition) is 5. The normalized spacial score (nSPS) is 12.2. The van der Waals surface area contributed by atoms with E-state index in [0.29, 0.717) is 17.9 Å². The molecule has 0 bridgehead atoms. The van der Waals surface area contributed by atoms with Gasteiger partial charge in [-0.15, -0.1) is 11.3 Å². The highest BCUT2D eigenvalue weighted by atomic mass is 32.1. The van der Waals surface area contributed by atoms with Crippen LogP contribution in [0.3, 0.4) is 0 Å². The van der Waals surface area contributed by atoms with Crippen LogP contribution in [0.25, 0.3) is 11.0 Å². The number of hydrogen-bond donors (Lipinski definition) is 1. The molecular weight excluding hydrogens is 358 g/mol. The minimum atomic E-state index is -0.361. The summed E-state index contributed by atoms with van der Waals surface area (Å²) in [5.74, 6) is 0.663. The Morgan fingerprint density at radius 2 is 1.93 bits per heavy atom. The van der Waals surface area contributed by atoms with Crippen LogP contribution >= 0.6 is 11.3 Å². The maximum Gasteiger partial charge on any atom is 0.336 e. The van der Waals surface area contributed by atoms with Gasteiger partial charge in [-0.25, -0.2) is 4.79 Å². The van der Waals surface area contributed by atoms with Crippen molar-refractivity contribution < 1.29 is 9.15 Å². The second-order valence-corrected chi connectivity index (χ2v) is 7.17. The van der Waals surface area contributed by atoms with Crippen LogP contribution in [0.1, 0.15) is 22.0 Å². The van der Waals surface area contributed by atoms with Crippen LogP contribution < -0.4 is 15.7 Å². The van der Waals surface area contributed by atoms with E-state index >= 15 is 0 Å². The molecule has 2 aromatic carbocycles. The zero-order chi connectivity index (χ0) is 18.6. The van der Waals surface area contributed by atoms with Crippen LogP contribution in [0.15, 0.2) is 81.3 Å². The quantitative estimate of drug-likeness (QED) is 0.493. The highest BCUT2D eigenvalue weighted by molar-refractivity contribution is 7.10. The molecule has 0 spiro atoms. The molecule has 136 valence electrons. The van der Waals surface area contributed by atoms with E-state index in [1.165, 1.54) is 10.4 Å². The van der Waals surface area contributed by atoms with Crippen LogP contribution in [0, 0.1) is 0 Å². The summed E-state index contributed by atoms with van der Waals surface area (Å²) in [7, 11) is 1.59. The first-order valence-electron chi connectivity index (χ1n) is 8.67. The van der Waals surface area contributed by atoms with E-state index in [0.717, 1.165) is 10.9 Å². The Labute approximate surface area is 161 Å². The van der Waals surface area contributed by atoms with Crippen LogP contribution in [0.2, 0.25) is 0 Å². The SMILES string of the molecule is COc1ccc2c(CN[C@@H](c3ccccc3)c3cccs3)cc(=O)oc2c1. The number of nitrogens with one attached hydrogen (secondary N) is 1. The Morgan fingerprint density at radius 3 is 2.67 bits per heavy atom. The van der Waals surface area contributed by atoms with Gasteiger partial charge in [0.25, 0.3) is 0 Å². The zero-order valence-corrected chi connectivity index (χ0v) is 15.7. The summed E-state index contributed by atoms with van der Waals surface area (Å²) >= 11 is 1.71. The Balaban J connectivity index is 1.68. The second kappa shape index (κ2) is 7.78. The minimum Gasteiger partial charge on any atom is -0.497 e. The molecule has 0 saturated heterocycles. The summed E-state index contributed by atoms with van der Waals surface area (Å²) in [6.07, 6.45) is 0. The van der Waals surface area contributed by atoms with Gasteiger partial charge in [0.2, 0.25) is 0 Å². The molecule has 2 heterocycles. The maximum absolute atomic E-state index is 12.0. The van der Waals surface area contributed by atoms with Crippen molar-refractivity contribution in [3.63, 3.8) is 0 Å². The van der Waals surface area contributed by atoms with Gasteiger partial charge in [-0.1, -0.05) is 36.4 Å². The Morgan fingerprint density at radius 1 is 1.07 bits per heavy atom. The van der Waals surface area contributed by atoms with Crippen molar-refractivity contribution in [1.82, 2.24) is 5.32 Å². The number of fused-ring (bicyclic) bond motifs is 1. The third-order valence-corrected chi connectivity index (χ3v) is 5.43. The smallest absolute Gasteiger partial charge is 0.336 e. The molecule has 27 heavy (non-hydrogen) atoms. The minimum absolute atomic E-state index is 0.0618. The molecular formula is C22H19NO3S. The van der Waals surface area contributed by atoms with Crippen molar-refractivity contribution in [3.8, 4) is 5.75 Å². The van der Waals surface area contributed by atoms with Gasteiger partial charge in [0.05, 0.1) is 13.2 Å². The van der Waals surface area contributed by atoms with E-state index in [1.807, 2.05) is 30.3 Å². The van der Waals surface area contributed by atoms with Crippen molar-refractivity contribution in [1.29, 1.82) is 0 Å². The average Bonchev–Trinajstić information content (AvgIpc) is 3.22. The molecule has 4 rings (SSSR count). The predicted octanol–water partition coefficient (Wildman–Crippen LogP) is 4.74. The fourth-order valence-corrected chi connectivity index (χ4v) is 4.01. The molecule has 2 aromatic heterocycles. The maximum atomic E-state index is 12.0. The first-order valence-corrected chi connectivity index (χ1v) is 9.55. The molecule has 5 heteroatoms. The van der Waals surface area contributed by atoms with Gasteiger partial charge in [-0.2, -0.15) is 0 Å². The highest BCUT2D eigenvalue weighted by Gasteiger charge is 2.16. The standard InChI is InChI=1S/C22H19NO3S/c1-25-17-9-10-18-16(12-21(24)26-19(18)13-17)14-23-22(20-8-5-11-27-20)15-6-3-2-4-7-15/h2-13,22-23H,14H2,1H3/t22-/m0/s1. The Kier molecular flexibility index (Phi) is 5.05. The van der Waals surface area contributed by atoms with Crippen LogP contribution in [-0.2, 0) is 6.54 Å². The average molecular weight is 377 g/mol. The lowest BCUT2D eigenvalue weighted by Gasteiger charge is -2.18. The third-order valence-electron chi connectivity index (χ3n) is 4.49. The molecule has 0 radical (unpaired) electrons. The van der Waals surface area contributed by atoms with E-state index in [4.69, 9.17) is 9.15 Å². The fourth-order valence-electron chi connectivity index (χ4n) is 3.18. The highest BCUT2D eigenvalue weighted by Crippen LogP contribution is 2.27. The van der Waals surface area contributed by atoms with Crippen LogP contribution in [0.5, 0.6) is 5.75 Å². The number of methoxy groups -OCH3 is 1. The third kappa shape index (κ3) is 3.79.